The summed E-state index contributed by atoms with van der Waals surface area (Å²) in [5.41, 5.74) is 1.26. The zero-order valence-corrected chi connectivity index (χ0v) is 13.5. The molecule has 0 aliphatic rings. The summed E-state index contributed by atoms with van der Waals surface area (Å²) in [4.78, 5) is 7.77. The van der Waals surface area contributed by atoms with Crippen molar-refractivity contribution >= 4 is 22.8 Å². The molecule has 1 aromatic heterocycles. The molecule has 1 heterocycles. The number of ether oxygens (including phenoxy) is 1. The number of fused-ring (bicyclic) bond motifs is 1. The maximum atomic E-state index is 9.35. The van der Waals surface area contributed by atoms with E-state index >= 15 is 0 Å². The number of hydrogen-bond acceptors (Lipinski definition) is 5. The van der Waals surface area contributed by atoms with Gasteiger partial charge in [-0.3, -0.25) is 5.32 Å². The Morgan fingerprint density at radius 3 is 2.90 bits per heavy atom. The van der Waals surface area contributed by atoms with Crippen molar-refractivity contribution in [2.75, 3.05) is 12.9 Å². The quantitative estimate of drug-likeness (QED) is 0.803. The first-order valence-electron chi connectivity index (χ1n) is 6.81. The van der Waals surface area contributed by atoms with Gasteiger partial charge in [-0.2, -0.15) is 5.26 Å². The Kier molecular flexibility index (Phi) is 4.76. The number of nitriles is 1. The molecule has 21 heavy (non-hydrogen) atoms. The molecule has 0 radical (unpaired) electrons. The number of aromatic amines is 1. The van der Waals surface area contributed by atoms with Crippen molar-refractivity contribution in [3.8, 4) is 11.8 Å². The van der Waals surface area contributed by atoms with Gasteiger partial charge in [0.05, 0.1) is 24.2 Å². The molecule has 2 N–H and O–H groups in total. The lowest BCUT2D eigenvalue weighted by molar-refractivity contribution is 0.415. The van der Waals surface area contributed by atoms with Crippen molar-refractivity contribution in [1.82, 2.24) is 15.3 Å². The molecule has 5 nitrogen and oxygen atoms in total. The van der Waals surface area contributed by atoms with Gasteiger partial charge in [-0.1, -0.05) is 11.8 Å². The molecule has 0 spiro atoms. The van der Waals surface area contributed by atoms with E-state index in [1.807, 2.05) is 39.0 Å². The minimum absolute atomic E-state index is 0.259. The minimum Gasteiger partial charge on any atom is -0.497 e. The second-order valence-corrected chi connectivity index (χ2v) is 6.42. The largest absolute Gasteiger partial charge is 0.497 e. The molecule has 0 bridgehead atoms. The first-order valence-corrected chi connectivity index (χ1v) is 7.80. The smallest absolute Gasteiger partial charge is 0.166 e. The van der Waals surface area contributed by atoms with E-state index in [4.69, 9.17) is 4.74 Å². The van der Waals surface area contributed by atoms with Crippen LogP contribution >= 0.6 is 11.8 Å². The minimum atomic E-state index is -0.574. The average Bonchev–Trinajstić information content (AvgIpc) is 2.86. The van der Waals surface area contributed by atoms with Crippen LogP contribution in [-0.4, -0.2) is 34.4 Å². The molecule has 0 aliphatic heterocycles. The van der Waals surface area contributed by atoms with Gasteiger partial charge in [0.15, 0.2) is 5.16 Å². The average molecular weight is 304 g/mol. The third kappa shape index (κ3) is 3.90. The Morgan fingerprint density at radius 1 is 1.52 bits per heavy atom. The number of rotatable bonds is 6. The van der Waals surface area contributed by atoms with Crippen LogP contribution in [0.4, 0.5) is 0 Å². The molecule has 1 aromatic carbocycles. The van der Waals surface area contributed by atoms with Crippen LogP contribution in [0.2, 0.25) is 0 Å². The SMILES string of the molecule is COc1ccc2nc(SCC(C)(C#N)NC(C)C)[nH]c2c1. The molecule has 112 valence electrons. The van der Waals surface area contributed by atoms with Crippen molar-refractivity contribution < 1.29 is 4.74 Å². The summed E-state index contributed by atoms with van der Waals surface area (Å²) in [5.74, 6) is 1.42. The number of nitrogens with one attached hydrogen (secondary N) is 2. The summed E-state index contributed by atoms with van der Waals surface area (Å²) in [7, 11) is 1.64. The van der Waals surface area contributed by atoms with Crippen molar-refractivity contribution in [2.24, 2.45) is 0 Å². The van der Waals surface area contributed by atoms with Crippen molar-refractivity contribution in [3.05, 3.63) is 18.2 Å². The summed E-state index contributed by atoms with van der Waals surface area (Å²) < 4.78 is 5.20. The Hall–Kier alpha value is -1.71. The van der Waals surface area contributed by atoms with E-state index < -0.39 is 5.54 Å². The number of benzene rings is 1. The highest BCUT2D eigenvalue weighted by Crippen LogP contribution is 2.25. The van der Waals surface area contributed by atoms with Gasteiger partial charge in [0.2, 0.25) is 0 Å². The van der Waals surface area contributed by atoms with E-state index in [-0.39, 0.29) is 6.04 Å². The number of aromatic nitrogens is 2. The lowest BCUT2D eigenvalue weighted by atomic mass is 10.1. The second-order valence-electron chi connectivity index (χ2n) is 5.46. The van der Waals surface area contributed by atoms with Gasteiger partial charge in [-0.15, -0.1) is 0 Å². The van der Waals surface area contributed by atoms with E-state index in [0.717, 1.165) is 21.9 Å². The standard InChI is InChI=1S/C15H20N4OS/c1-10(2)19-15(3,8-16)9-21-14-17-12-6-5-11(20-4)7-13(12)18-14/h5-7,10,19H,9H2,1-4H3,(H,17,18). The molecular weight excluding hydrogens is 284 g/mol. The van der Waals surface area contributed by atoms with E-state index in [1.165, 1.54) is 0 Å². The predicted molar refractivity (Wildman–Crippen MR) is 85.7 cm³/mol. The number of hydrogen-bond donors (Lipinski definition) is 2. The zero-order chi connectivity index (χ0) is 15.5. The van der Waals surface area contributed by atoms with Gasteiger partial charge in [-0.25, -0.2) is 4.98 Å². The zero-order valence-electron chi connectivity index (χ0n) is 12.7. The predicted octanol–water partition coefficient (Wildman–Crippen LogP) is 2.94. The van der Waals surface area contributed by atoms with Gasteiger partial charge < -0.3 is 9.72 Å². The molecule has 2 aromatic rings. The fourth-order valence-electron chi connectivity index (χ4n) is 2.12. The van der Waals surface area contributed by atoms with E-state index in [1.54, 1.807) is 18.9 Å². The maximum absolute atomic E-state index is 9.35. The maximum Gasteiger partial charge on any atom is 0.166 e. The van der Waals surface area contributed by atoms with Crippen LogP contribution < -0.4 is 10.1 Å². The second kappa shape index (κ2) is 6.37. The number of H-pyrrole nitrogens is 1. The fraction of sp³-hybridized carbons (Fsp3) is 0.467. The first-order chi connectivity index (χ1) is 9.95. The lowest BCUT2D eigenvalue weighted by Gasteiger charge is -2.24. The van der Waals surface area contributed by atoms with Crippen LogP contribution in [0, 0.1) is 11.3 Å². The van der Waals surface area contributed by atoms with E-state index in [9.17, 15) is 5.26 Å². The molecule has 0 saturated heterocycles. The van der Waals surface area contributed by atoms with E-state index in [0.29, 0.717) is 5.75 Å². The van der Waals surface area contributed by atoms with Gasteiger partial charge in [0.1, 0.15) is 11.3 Å². The fourth-order valence-corrected chi connectivity index (χ4v) is 3.04. The summed E-state index contributed by atoms with van der Waals surface area (Å²) >= 11 is 1.54. The van der Waals surface area contributed by atoms with Gasteiger partial charge in [0.25, 0.3) is 0 Å². The van der Waals surface area contributed by atoms with Crippen LogP contribution in [0.1, 0.15) is 20.8 Å². The van der Waals surface area contributed by atoms with Gasteiger partial charge in [0, 0.05) is 17.9 Å². The molecule has 1 atom stereocenters. The number of nitrogens with zero attached hydrogens (tertiary/aromatic N) is 2. The Morgan fingerprint density at radius 2 is 2.29 bits per heavy atom. The summed E-state index contributed by atoms with van der Waals surface area (Å²) in [6, 6.07) is 8.32. The van der Waals surface area contributed by atoms with Crippen LogP contribution in [-0.2, 0) is 0 Å². The first kappa shape index (κ1) is 15.7. The normalized spacial score (nSPS) is 14.1. The van der Waals surface area contributed by atoms with Crippen molar-refractivity contribution in [1.29, 1.82) is 5.26 Å². The highest BCUT2D eigenvalue weighted by molar-refractivity contribution is 7.99. The summed E-state index contributed by atoms with van der Waals surface area (Å²) in [6.07, 6.45) is 0. The molecule has 0 fully saturated rings. The third-order valence-corrected chi connectivity index (χ3v) is 4.21. The molecule has 0 saturated carbocycles. The Balaban J connectivity index is 2.11. The van der Waals surface area contributed by atoms with Crippen LogP contribution in [0.3, 0.4) is 0 Å². The van der Waals surface area contributed by atoms with Crippen molar-refractivity contribution in [3.63, 3.8) is 0 Å². The van der Waals surface area contributed by atoms with Crippen molar-refractivity contribution in [2.45, 2.75) is 37.5 Å². The Labute approximate surface area is 129 Å². The highest BCUT2D eigenvalue weighted by Gasteiger charge is 2.25. The topological polar surface area (TPSA) is 73.7 Å². The van der Waals surface area contributed by atoms with Gasteiger partial charge >= 0.3 is 0 Å². The summed E-state index contributed by atoms with van der Waals surface area (Å²) in [6.45, 7) is 5.98. The number of thioether (sulfide) groups is 1. The molecular formula is C15H20N4OS. The molecule has 6 heteroatoms. The molecule has 2 rings (SSSR count). The van der Waals surface area contributed by atoms with Crippen LogP contribution in [0.25, 0.3) is 11.0 Å². The van der Waals surface area contributed by atoms with E-state index in [2.05, 4.69) is 21.4 Å². The summed E-state index contributed by atoms with van der Waals surface area (Å²) in [5, 5.41) is 13.4. The third-order valence-electron chi connectivity index (χ3n) is 3.02. The lowest BCUT2D eigenvalue weighted by Crippen LogP contribution is -2.47. The molecule has 0 amide bonds. The van der Waals surface area contributed by atoms with Gasteiger partial charge in [-0.05, 0) is 32.9 Å². The monoisotopic (exact) mass is 304 g/mol. The Bertz CT molecular complexity index is 661. The molecule has 1 unspecified atom stereocenters. The number of imidazole rings is 1. The number of methoxy groups -OCH3 is 1. The van der Waals surface area contributed by atoms with Crippen LogP contribution in [0.5, 0.6) is 5.75 Å². The van der Waals surface area contributed by atoms with Crippen LogP contribution in [0.15, 0.2) is 23.4 Å². The highest BCUT2D eigenvalue weighted by atomic mass is 32.2. The molecule has 0 aliphatic carbocycles.